The van der Waals surface area contributed by atoms with Crippen molar-refractivity contribution >= 4 is 11.7 Å². The molecule has 2 saturated heterocycles. The molecular weight excluding hydrogens is 344 g/mol. The van der Waals surface area contributed by atoms with Gasteiger partial charge in [0.15, 0.2) is 5.75 Å². The van der Waals surface area contributed by atoms with E-state index in [1.165, 1.54) is 12.8 Å². The Morgan fingerprint density at radius 2 is 2.00 bits per heavy atom. The first-order valence-electron chi connectivity index (χ1n) is 9.36. The van der Waals surface area contributed by atoms with Gasteiger partial charge in [0.2, 0.25) is 0 Å². The number of para-hydroxylation sites is 2. The lowest BCUT2D eigenvalue weighted by molar-refractivity contribution is 0.159. The van der Waals surface area contributed by atoms with E-state index < -0.39 is 0 Å². The predicted octanol–water partition coefficient (Wildman–Crippen LogP) is 2.86. The molecular formula is C20H24N4O3. The zero-order chi connectivity index (χ0) is 18.5. The molecule has 2 amide bonds. The number of pyridine rings is 1. The Labute approximate surface area is 158 Å². The summed E-state index contributed by atoms with van der Waals surface area (Å²) in [4.78, 5) is 19.0. The van der Waals surface area contributed by atoms with Crippen LogP contribution in [0.3, 0.4) is 0 Å². The van der Waals surface area contributed by atoms with Gasteiger partial charge in [-0.05, 0) is 50.2 Å². The average molecular weight is 368 g/mol. The number of carbonyl (C=O) groups excluding carboxylic acids is 1. The first kappa shape index (κ1) is 17.8. The quantitative estimate of drug-likeness (QED) is 0.849. The van der Waals surface area contributed by atoms with Crippen molar-refractivity contribution in [1.82, 2.24) is 15.2 Å². The third-order valence-corrected chi connectivity index (χ3v) is 4.97. The lowest BCUT2D eigenvalue weighted by Crippen LogP contribution is -2.51. The third kappa shape index (κ3) is 4.37. The number of likely N-dealkylation sites (tertiary alicyclic amines) is 1. The molecule has 3 heterocycles. The molecule has 0 spiro atoms. The molecule has 0 saturated carbocycles. The Morgan fingerprint density at radius 1 is 1.15 bits per heavy atom. The minimum absolute atomic E-state index is 0.00509. The molecule has 0 radical (unpaired) electrons. The molecule has 0 bridgehead atoms. The summed E-state index contributed by atoms with van der Waals surface area (Å²) >= 11 is 0. The first-order valence-corrected chi connectivity index (χ1v) is 9.36. The van der Waals surface area contributed by atoms with E-state index in [9.17, 15) is 4.79 Å². The van der Waals surface area contributed by atoms with Gasteiger partial charge in [-0.3, -0.25) is 9.88 Å². The maximum atomic E-state index is 12.6. The summed E-state index contributed by atoms with van der Waals surface area (Å²) in [5.41, 5.74) is 0.607. The van der Waals surface area contributed by atoms with E-state index in [-0.39, 0.29) is 18.1 Å². The number of hydrogen-bond donors (Lipinski definition) is 2. The van der Waals surface area contributed by atoms with Crippen molar-refractivity contribution in [3.05, 3.63) is 48.8 Å². The number of aromatic nitrogens is 1. The molecule has 142 valence electrons. The van der Waals surface area contributed by atoms with Crippen molar-refractivity contribution < 1.29 is 14.3 Å². The normalized spacial score (nSPS) is 22.5. The Hall–Kier alpha value is -2.64. The molecule has 7 nitrogen and oxygen atoms in total. The lowest BCUT2D eigenvalue weighted by Gasteiger charge is -2.28. The van der Waals surface area contributed by atoms with Crippen LogP contribution in [-0.2, 0) is 4.74 Å². The number of nitrogens with zero attached hydrogens (tertiary/aromatic N) is 2. The number of urea groups is 1. The van der Waals surface area contributed by atoms with Crippen LogP contribution in [0.15, 0.2) is 48.8 Å². The SMILES string of the molecule is O=C(Nc1ccccc1Oc1cccnc1)N[C@H]1COC[C@@H]1N1CCCC1. The zero-order valence-corrected chi connectivity index (χ0v) is 15.1. The smallest absolute Gasteiger partial charge is 0.319 e. The Kier molecular flexibility index (Phi) is 5.50. The highest BCUT2D eigenvalue weighted by atomic mass is 16.5. The fourth-order valence-corrected chi connectivity index (χ4v) is 3.63. The maximum absolute atomic E-state index is 12.6. The van der Waals surface area contributed by atoms with Gasteiger partial charge in [0.25, 0.3) is 0 Å². The molecule has 1 aromatic heterocycles. The lowest BCUT2D eigenvalue weighted by atomic mass is 10.1. The second-order valence-corrected chi connectivity index (χ2v) is 6.84. The molecule has 4 rings (SSSR count). The number of anilines is 1. The van der Waals surface area contributed by atoms with Gasteiger partial charge in [-0.15, -0.1) is 0 Å². The van der Waals surface area contributed by atoms with Gasteiger partial charge in [0.05, 0.1) is 37.2 Å². The van der Waals surface area contributed by atoms with Crippen LogP contribution in [0.2, 0.25) is 0 Å². The molecule has 2 fully saturated rings. The Bertz CT molecular complexity index is 765. The summed E-state index contributed by atoms with van der Waals surface area (Å²) in [7, 11) is 0. The number of nitrogens with one attached hydrogen (secondary N) is 2. The van der Waals surface area contributed by atoms with Crippen LogP contribution in [0, 0.1) is 0 Å². The first-order chi connectivity index (χ1) is 13.3. The summed E-state index contributed by atoms with van der Waals surface area (Å²) in [6, 6.07) is 11.0. The van der Waals surface area contributed by atoms with Crippen molar-refractivity contribution in [1.29, 1.82) is 0 Å². The zero-order valence-electron chi connectivity index (χ0n) is 15.1. The summed E-state index contributed by atoms with van der Waals surface area (Å²) in [6.45, 7) is 3.37. The summed E-state index contributed by atoms with van der Waals surface area (Å²) in [6.07, 6.45) is 5.75. The topological polar surface area (TPSA) is 75.7 Å². The molecule has 27 heavy (non-hydrogen) atoms. The molecule has 1 aromatic carbocycles. The van der Waals surface area contributed by atoms with Crippen molar-refractivity contribution in [2.24, 2.45) is 0 Å². The van der Waals surface area contributed by atoms with E-state index in [1.807, 2.05) is 30.3 Å². The van der Waals surface area contributed by atoms with Crippen LogP contribution in [0.5, 0.6) is 11.5 Å². The fraction of sp³-hybridized carbons (Fsp3) is 0.400. The van der Waals surface area contributed by atoms with Crippen LogP contribution in [0.25, 0.3) is 0 Å². The predicted molar refractivity (Wildman–Crippen MR) is 102 cm³/mol. The van der Waals surface area contributed by atoms with Crippen molar-refractivity contribution in [3.8, 4) is 11.5 Å². The van der Waals surface area contributed by atoms with Gasteiger partial charge in [0.1, 0.15) is 5.75 Å². The molecule has 0 aliphatic carbocycles. The summed E-state index contributed by atoms with van der Waals surface area (Å²) < 4.78 is 11.5. The number of rotatable bonds is 5. The van der Waals surface area contributed by atoms with Gasteiger partial charge >= 0.3 is 6.03 Å². The van der Waals surface area contributed by atoms with Crippen molar-refractivity contribution in [2.75, 3.05) is 31.6 Å². The molecule has 0 unspecified atom stereocenters. The van der Waals surface area contributed by atoms with Crippen LogP contribution >= 0.6 is 0 Å². The summed E-state index contributed by atoms with van der Waals surface area (Å²) in [5, 5.41) is 5.96. The third-order valence-electron chi connectivity index (χ3n) is 4.97. The van der Waals surface area contributed by atoms with E-state index in [4.69, 9.17) is 9.47 Å². The molecule has 2 N–H and O–H groups in total. The molecule has 7 heteroatoms. The van der Waals surface area contributed by atoms with Crippen LogP contribution in [0.4, 0.5) is 10.5 Å². The number of ether oxygens (including phenoxy) is 2. The standard InChI is InChI=1S/C20H24N4O3/c25-20(23-17-13-26-14-18(17)24-10-3-4-11-24)22-16-7-1-2-8-19(16)27-15-6-5-9-21-12-15/h1-2,5-9,12,17-18H,3-4,10-11,13-14H2,(H2,22,23,25)/t17-,18-/m0/s1. The van der Waals surface area contributed by atoms with Gasteiger partial charge in [-0.1, -0.05) is 12.1 Å². The molecule has 2 atom stereocenters. The second-order valence-electron chi connectivity index (χ2n) is 6.84. The van der Waals surface area contributed by atoms with Gasteiger partial charge in [-0.2, -0.15) is 0 Å². The van der Waals surface area contributed by atoms with Crippen LogP contribution in [-0.4, -0.2) is 54.3 Å². The van der Waals surface area contributed by atoms with E-state index in [0.29, 0.717) is 30.4 Å². The fourth-order valence-electron chi connectivity index (χ4n) is 3.63. The minimum Gasteiger partial charge on any atom is -0.454 e. The van der Waals surface area contributed by atoms with E-state index in [0.717, 1.165) is 13.1 Å². The second kappa shape index (κ2) is 8.37. The highest BCUT2D eigenvalue weighted by Crippen LogP contribution is 2.28. The largest absolute Gasteiger partial charge is 0.454 e. The van der Waals surface area contributed by atoms with E-state index >= 15 is 0 Å². The van der Waals surface area contributed by atoms with Crippen molar-refractivity contribution in [2.45, 2.75) is 24.9 Å². The number of carbonyl (C=O) groups is 1. The highest BCUT2D eigenvalue weighted by Gasteiger charge is 2.35. The number of benzene rings is 1. The molecule has 2 aliphatic rings. The number of hydrogen-bond acceptors (Lipinski definition) is 5. The minimum atomic E-state index is -0.253. The van der Waals surface area contributed by atoms with Gasteiger partial charge in [0, 0.05) is 6.20 Å². The molecule has 2 aliphatic heterocycles. The Balaban J connectivity index is 1.39. The van der Waals surface area contributed by atoms with Crippen LogP contribution < -0.4 is 15.4 Å². The average Bonchev–Trinajstić information content (AvgIpc) is 3.36. The maximum Gasteiger partial charge on any atom is 0.319 e. The van der Waals surface area contributed by atoms with Crippen LogP contribution in [0.1, 0.15) is 12.8 Å². The monoisotopic (exact) mass is 368 g/mol. The van der Waals surface area contributed by atoms with Crippen molar-refractivity contribution in [3.63, 3.8) is 0 Å². The number of amides is 2. The van der Waals surface area contributed by atoms with E-state index in [1.54, 1.807) is 18.5 Å². The van der Waals surface area contributed by atoms with E-state index in [2.05, 4.69) is 20.5 Å². The summed E-state index contributed by atoms with van der Waals surface area (Å²) in [5.74, 6) is 1.19. The molecule has 2 aromatic rings. The highest BCUT2D eigenvalue weighted by molar-refractivity contribution is 5.91. The Morgan fingerprint density at radius 3 is 2.81 bits per heavy atom. The van der Waals surface area contributed by atoms with Gasteiger partial charge in [-0.25, -0.2) is 4.79 Å². The van der Waals surface area contributed by atoms with Gasteiger partial charge < -0.3 is 20.1 Å².